The molecule has 0 saturated carbocycles. The van der Waals surface area contributed by atoms with E-state index < -0.39 is 35.8 Å². The zero-order valence-electron chi connectivity index (χ0n) is 16.9. The van der Waals surface area contributed by atoms with E-state index in [0.29, 0.717) is 28.8 Å². The molecule has 3 N–H and O–H groups in total. The number of aromatic nitrogens is 2. The minimum atomic E-state index is -4.96. The molecule has 1 aliphatic carbocycles. The summed E-state index contributed by atoms with van der Waals surface area (Å²) in [5.41, 5.74) is -2.24. The average molecular weight is 435 g/mol. The Morgan fingerprint density at radius 3 is 2.71 bits per heavy atom. The molecule has 0 amide bonds. The maximum absolute atomic E-state index is 14.2. The summed E-state index contributed by atoms with van der Waals surface area (Å²) < 4.78 is 56.2. The number of rotatable bonds is 3. The first-order valence-corrected chi connectivity index (χ1v) is 9.88. The summed E-state index contributed by atoms with van der Waals surface area (Å²) in [5, 5.41) is 24.3. The second-order valence-electron chi connectivity index (χ2n) is 7.80. The van der Waals surface area contributed by atoms with E-state index in [-0.39, 0.29) is 23.1 Å². The van der Waals surface area contributed by atoms with Gasteiger partial charge in [-0.05, 0) is 43.0 Å². The molecule has 5 nitrogen and oxygen atoms in total. The van der Waals surface area contributed by atoms with Gasteiger partial charge >= 0.3 is 6.18 Å². The van der Waals surface area contributed by atoms with Crippen LogP contribution < -0.4 is 5.32 Å². The molecular weight excluding hydrogens is 414 g/mol. The lowest BCUT2D eigenvalue weighted by Crippen LogP contribution is -2.54. The van der Waals surface area contributed by atoms with Gasteiger partial charge in [-0.1, -0.05) is 19.1 Å². The van der Waals surface area contributed by atoms with Gasteiger partial charge < -0.3 is 15.5 Å². The number of phenolic OH excluding ortho intramolecular Hbond substituents is 1. The Balaban J connectivity index is 1.90. The first-order chi connectivity index (χ1) is 14.6. The minimum absolute atomic E-state index is 0.00516. The molecule has 4 rings (SSSR count). The summed E-state index contributed by atoms with van der Waals surface area (Å²) in [6, 6.07) is 4.50. The van der Waals surface area contributed by atoms with Gasteiger partial charge in [-0.25, -0.2) is 14.4 Å². The fourth-order valence-corrected chi connectivity index (χ4v) is 4.12. The maximum atomic E-state index is 14.2. The SMILES string of the molecule is CCc1ncc2c(NC3c4cc(C)c(F)c(O)c4CCC3(O)C(F)(F)F)cccc2n1. The smallest absolute Gasteiger partial charge is 0.419 e. The topological polar surface area (TPSA) is 78.3 Å². The number of alkyl halides is 3. The monoisotopic (exact) mass is 435 g/mol. The predicted octanol–water partition coefficient (Wildman–Crippen LogP) is 4.74. The number of aromatic hydroxyl groups is 1. The molecule has 0 fully saturated rings. The molecule has 9 heteroatoms. The van der Waals surface area contributed by atoms with E-state index in [1.165, 1.54) is 19.2 Å². The van der Waals surface area contributed by atoms with Crippen molar-refractivity contribution in [1.82, 2.24) is 9.97 Å². The summed E-state index contributed by atoms with van der Waals surface area (Å²) in [5.74, 6) is -0.962. The van der Waals surface area contributed by atoms with Crippen molar-refractivity contribution in [2.45, 2.75) is 50.9 Å². The molecule has 1 aliphatic rings. The molecule has 2 aromatic carbocycles. The van der Waals surface area contributed by atoms with E-state index in [2.05, 4.69) is 15.3 Å². The lowest BCUT2D eigenvalue weighted by molar-refractivity contribution is -0.270. The van der Waals surface area contributed by atoms with Crippen LogP contribution in [0.4, 0.5) is 23.2 Å². The number of phenols is 1. The van der Waals surface area contributed by atoms with Crippen molar-refractivity contribution >= 4 is 16.6 Å². The normalized spacial score (nSPS) is 21.2. The molecule has 2 unspecified atom stereocenters. The first-order valence-electron chi connectivity index (χ1n) is 9.88. The number of fused-ring (bicyclic) bond motifs is 2. The zero-order chi connectivity index (χ0) is 22.6. The number of aryl methyl sites for hydroxylation is 2. The van der Waals surface area contributed by atoms with Crippen LogP contribution in [-0.2, 0) is 12.8 Å². The highest BCUT2D eigenvalue weighted by atomic mass is 19.4. The van der Waals surface area contributed by atoms with Gasteiger partial charge in [-0.15, -0.1) is 0 Å². The van der Waals surface area contributed by atoms with Gasteiger partial charge in [0.1, 0.15) is 5.82 Å². The number of nitrogens with one attached hydrogen (secondary N) is 1. The Morgan fingerprint density at radius 2 is 2.03 bits per heavy atom. The minimum Gasteiger partial charge on any atom is -0.505 e. The van der Waals surface area contributed by atoms with Crippen LogP contribution in [-0.4, -0.2) is 32.0 Å². The standard InChI is InChI=1S/C22H21F4N3O2/c1-3-17-27-10-14-15(28-17)5-4-6-16(14)29-20-13-9-11(2)18(23)19(30)12(13)7-8-21(20,31)22(24,25)26/h4-6,9-10,20,29-31H,3,7-8H2,1-2H3. The van der Waals surface area contributed by atoms with Gasteiger partial charge in [0.15, 0.2) is 17.2 Å². The molecule has 164 valence electrons. The van der Waals surface area contributed by atoms with Crippen LogP contribution in [0.25, 0.3) is 10.9 Å². The Labute approximate surface area is 175 Å². The molecular formula is C22H21F4N3O2. The van der Waals surface area contributed by atoms with E-state index in [1.807, 2.05) is 6.92 Å². The van der Waals surface area contributed by atoms with Gasteiger partial charge in [0, 0.05) is 29.3 Å². The largest absolute Gasteiger partial charge is 0.505 e. The highest BCUT2D eigenvalue weighted by molar-refractivity contribution is 5.91. The lowest BCUT2D eigenvalue weighted by Gasteiger charge is -2.43. The lowest BCUT2D eigenvalue weighted by atomic mass is 9.74. The van der Waals surface area contributed by atoms with Crippen molar-refractivity contribution in [2.75, 3.05) is 5.32 Å². The van der Waals surface area contributed by atoms with Gasteiger partial charge in [0.05, 0.1) is 11.6 Å². The van der Waals surface area contributed by atoms with Gasteiger partial charge in [-0.3, -0.25) is 0 Å². The third-order valence-corrected chi connectivity index (χ3v) is 5.89. The van der Waals surface area contributed by atoms with Gasteiger partial charge in [-0.2, -0.15) is 13.2 Å². The third kappa shape index (κ3) is 3.37. The molecule has 0 bridgehead atoms. The fourth-order valence-electron chi connectivity index (χ4n) is 4.12. The number of benzene rings is 2. The average Bonchev–Trinajstić information content (AvgIpc) is 2.73. The molecule has 0 radical (unpaired) electrons. The van der Waals surface area contributed by atoms with E-state index in [4.69, 9.17) is 0 Å². The van der Waals surface area contributed by atoms with Crippen molar-refractivity contribution in [1.29, 1.82) is 0 Å². The molecule has 1 aromatic heterocycles. The van der Waals surface area contributed by atoms with E-state index in [0.717, 1.165) is 0 Å². The van der Waals surface area contributed by atoms with E-state index in [9.17, 15) is 27.8 Å². The Hall–Kier alpha value is -2.94. The van der Waals surface area contributed by atoms with E-state index >= 15 is 0 Å². The number of halogens is 4. The van der Waals surface area contributed by atoms with Crippen LogP contribution in [0.5, 0.6) is 5.75 Å². The Morgan fingerprint density at radius 1 is 1.29 bits per heavy atom. The molecule has 1 heterocycles. The highest BCUT2D eigenvalue weighted by Crippen LogP contribution is 2.51. The summed E-state index contributed by atoms with van der Waals surface area (Å²) in [6.07, 6.45) is -3.88. The maximum Gasteiger partial charge on any atom is 0.419 e. The number of anilines is 1. The van der Waals surface area contributed by atoms with Crippen LogP contribution in [0.1, 0.15) is 41.9 Å². The Bertz CT molecular complexity index is 1170. The second kappa shape index (κ2) is 7.33. The summed E-state index contributed by atoms with van der Waals surface area (Å²) >= 11 is 0. The zero-order valence-corrected chi connectivity index (χ0v) is 16.9. The summed E-state index contributed by atoms with van der Waals surface area (Å²) in [6.45, 7) is 3.24. The Kier molecular flexibility index (Phi) is 5.04. The van der Waals surface area contributed by atoms with Crippen molar-refractivity contribution in [3.05, 3.63) is 58.8 Å². The third-order valence-electron chi connectivity index (χ3n) is 5.89. The van der Waals surface area contributed by atoms with Crippen molar-refractivity contribution < 1.29 is 27.8 Å². The number of aliphatic hydroxyl groups is 1. The van der Waals surface area contributed by atoms with Crippen molar-refractivity contribution in [3.8, 4) is 5.75 Å². The number of nitrogens with zero attached hydrogens (tertiary/aromatic N) is 2. The molecule has 0 saturated heterocycles. The molecule has 31 heavy (non-hydrogen) atoms. The fraction of sp³-hybridized carbons (Fsp3) is 0.364. The predicted molar refractivity (Wildman–Crippen MR) is 107 cm³/mol. The molecule has 3 aromatic rings. The van der Waals surface area contributed by atoms with Crippen LogP contribution in [0.2, 0.25) is 0 Å². The molecule has 0 spiro atoms. The van der Waals surface area contributed by atoms with Crippen molar-refractivity contribution in [3.63, 3.8) is 0 Å². The summed E-state index contributed by atoms with van der Waals surface area (Å²) in [7, 11) is 0. The second-order valence-corrected chi connectivity index (χ2v) is 7.80. The van der Waals surface area contributed by atoms with E-state index in [1.54, 1.807) is 18.2 Å². The quantitative estimate of drug-likeness (QED) is 0.518. The van der Waals surface area contributed by atoms with Crippen LogP contribution >= 0.6 is 0 Å². The van der Waals surface area contributed by atoms with Crippen LogP contribution in [0.3, 0.4) is 0 Å². The molecule has 2 atom stereocenters. The van der Waals surface area contributed by atoms with Crippen molar-refractivity contribution in [2.24, 2.45) is 0 Å². The molecule has 0 aliphatic heterocycles. The van der Waals surface area contributed by atoms with Crippen LogP contribution in [0.15, 0.2) is 30.5 Å². The highest BCUT2D eigenvalue weighted by Gasteiger charge is 2.61. The van der Waals surface area contributed by atoms with Gasteiger partial charge in [0.25, 0.3) is 0 Å². The van der Waals surface area contributed by atoms with Gasteiger partial charge in [0.2, 0.25) is 0 Å². The summed E-state index contributed by atoms with van der Waals surface area (Å²) in [4.78, 5) is 8.61. The number of hydrogen-bond donors (Lipinski definition) is 3. The first kappa shape index (κ1) is 21.3. The van der Waals surface area contributed by atoms with Crippen LogP contribution in [0, 0.1) is 12.7 Å². The number of hydrogen-bond acceptors (Lipinski definition) is 5.